The standard InChI is InChI=1S/C13H18N4O4S/c1-3-4-5-14-13(22)16-15-8-9-6-10(17(19)20)12(18)11(7-9)21-2/h6-8,18H,3-5H2,1-2H3,(H2,14,16,22)/b15-8-. The molecule has 0 aliphatic heterocycles. The molecule has 0 aliphatic carbocycles. The van der Waals surface area contributed by atoms with E-state index in [4.69, 9.17) is 17.0 Å². The van der Waals surface area contributed by atoms with Crippen molar-refractivity contribution < 1.29 is 14.8 Å². The first-order valence-corrected chi connectivity index (χ1v) is 7.02. The number of nitrogens with zero attached hydrogens (tertiary/aromatic N) is 2. The number of phenols is 1. The number of methoxy groups -OCH3 is 1. The number of rotatable bonds is 7. The number of hydrogen-bond acceptors (Lipinski definition) is 6. The molecule has 0 heterocycles. The van der Waals surface area contributed by atoms with Gasteiger partial charge in [-0.3, -0.25) is 15.5 Å². The zero-order valence-corrected chi connectivity index (χ0v) is 13.1. The Bertz CT molecular complexity index is 577. The lowest BCUT2D eigenvalue weighted by atomic mass is 10.2. The maximum atomic E-state index is 10.9. The van der Waals surface area contributed by atoms with Crippen molar-refractivity contribution in [3.05, 3.63) is 27.8 Å². The summed E-state index contributed by atoms with van der Waals surface area (Å²) < 4.78 is 4.89. The molecule has 120 valence electrons. The lowest BCUT2D eigenvalue weighted by Gasteiger charge is -2.06. The number of hydrogen-bond donors (Lipinski definition) is 3. The maximum Gasteiger partial charge on any atom is 0.315 e. The molecule has 9 heteroatoms. The smallest absolute Gasteiger partial charge is 0.315 e. The number of benzene rings is 1. The van der Waals surface area contributed by atoms with E-state index < -0.39 is 16.4 Å². The van der Waals surface area contributed by atoms with Crippen LogP contribution in [0.25, 0.3) is 0 Å². The summed E-state index contributed by atoms with van der Waals surface area (Å²) in [6, 6.07) is 2.62. The number of unbranched alkanes of at least 4 members (excludes halogenated alkanes) is 1. The van der Waals surface area contributed by atoms with Crippen LogP contribution in [0.15, 0.2) is 17.2 Å². The average Bonchev–Trinajstić information content (AvgIpc) is 2.48. The monoisotopic (exact) mass is 326 g/mol. The highest BCUT2D eigenvalue weighted by atomic mass is 32.1. The van der Waals surface area contributed by atoms with Crippen LogP contribution in [0.4, 0.5) is 5.69 Å². The van der Waals surface area contributed by atoms with Gasteiger partial charge in [-0.1, -0.05) is 13.3 Å². The minimum Gasteiger partial charge on any atom is -0.500 e. The van der Waals surface area contributed by atoms with Gasteiger partial charge in [-0.25, -0.2) is 0 Å². The molecule has 0 spiro atoms. The highest BCUT2D eigenvalue weighted by molar-refractivity contribution is 7.80. The third-order valence-electron chi connectivity index (χ3n) is 2.69. The Labute approximate surface area is 133 Å². The molecule has 1 aromatic rings. The lowest BCUT2D eigenvalue weighted by molar-refractivity contribution is -0.386. The quantitative estimate of drug-likeness (QED) is 0.231. The van der Waals surface area contributed by atoms with E-state index in [2.05, 4.69) is 22.8 Å². The Morgan fingerprint density at radius 3 is 2.91 bits per heavy atom. The Hall–Kier alpha value is -2.42. The van der Waals surface area contributed by atoms with Gasteiger partial charge in [0.2, 0.25) is 5.75 Å². The lowest BCUT2D eigenvalue weighted by Crippen LogP contribution is -2.32. The van der Waals surface area contributed by atoms with Gasteiger partial charge in [0.15, 0.2) is 10.9 Å². The summed E-state index contributed by atoms with van der Waals surface area (Å²) in [6.45, 7) is 2.82. The van der Waals surface area contributed by atoms with Crippen molar-refractivity contribution in [3.8, 4) is 11.5 Å². The summed E-state index contributed by atoms with van der Waals surface area (Å²) in [5.74, 6) is -0.520. The minimum atomic E-state index is -0.695. The first-order valence-electron chi connectivity index (χ1n) is 6.61. The van der Waals surface area contributed by atoms with Crippen molar-refractivity contribution in [2.45, 2.75) is 19.8 Å². The van der Waals surface area contributed by atoms with Crippen LogP contribution in [0.1, 0.15) is 25.3 Å². The van der Waals surface area contributed by atoms with Gasteiger partial charge in [0.25, 0.3) is 0 Å². The van der Waals surface area contributed by atoms with Crippen molar-refractivity contribution in [3.63, 3.8) is 0 Å². The second-order valence-electron chi connectivity index (χ2n) is 4.33. The summed E-state index contributed by atoms with van der Waals surface area (Å²) in [7, 11) is 1.31. The van der Waals surface area contributed by atoms with Crippen LogP contribution in [0.5, 0.6) is 11.5 Å². The number of hydrazone groups is 1. The molecule has 0 aromatic heterocycles. The number of phenolic OH excluding ortho intramolecular Hbond substituents is 1. The van der Waals surface area contributed by atoms with Crippen molar-refractivity contribution in [1.29, 1.82) is 0 Å². The Kier molecular flexibility index (Phi) is 7.03. The number of aromatic hydroxyl groups is 1. The van der Waals surface area contributed by atoms with Crippen molar-refractivity contribution in [2.75, 3.05) is 13.7 Å². The van der Waals surface area contributed by atoms with Crippen LogP contribution in [-0.4, -0.2) is 35.0 Å². The van der Waals surface area contributed by atoms with Gasteiger partial charge in [0.1, 0.15) is 0 Å². The second kappa shape index (κ2) is 8.78. The molecule has 0 radical (unpaired) electrons. The number of ether oxygens (including phenoxy) is 1. The number of nitro groups is 1. The number of nitro benzene ring substituents is 1. The Morgan fingerprint density at radius 1 is 1.59 bits per heavy atom. The third-order valence-corrected chi connectivity index (χ3v) is 2.92. The van der Waals surface area contributed by atoms with Crippen molar-refractivity contribution in [2.24, 2.45) is 5.10 Å². The highest BCUT2D eigenvalue weighted by Gasteiger charge is 2.19. The SMILES string of the molecule is CCCCNC(=S)N/N=C\c1cc(OC)c(O)c([N+](=O)[O-])c1. The van der Waals surface area contributed by atoms with E-state index in [9.17, 15) is 15.2 Å². The molecule has 0 fully saturated rings. The van der Waals surface area contributed by atoms with Gasteiger partial charge in [0.05, 0.1) is 18.2 Å². The molecule has 0 bridgehead atoms. The molecule has 8 nitrogen and oxygen atoms in total. The molecular weight excluding hydrogens is 308 g/mol. The van der Waals surface area contributed by atoms with E-state index in [-0.39, 0.29) is 5.75 Å². The molecule has 0 saturated carbocycles. The second-order valence-corrected chi connectivity index (χ2v) is 4.74. The molecule has 0 saturated heterocycles. The molecule has 1 rings (SSSR count). The summed E-state index contributed by atoms with van der Waals surface area (Å²) >= 11 is 5.01. The van der Waals surface area contributed by atoms with E-state index in [0.717, 1.165) is 19.4 Å². The third kappa shape index (κ3) is 5.17. The highest BCUT2D eigenvalue weighted by Crippen LogP contribution is 2.36. The van der Waals surface area contributed by atoms with Crippen LogP contribution >= 0.6 is 12.2 Å². The van der Waals surface area contributed by atoms with E-state index in [1.54, 1.807) is 0 Å². The number of thiocarbonyl (C=S) groups is 1. The molecule has 22 heavy (non-hydrogen) atoms. The maximum absolute atomic E-state index is 10.9. The fourth-order valence-corrected chi connectivity index (χ4v) is 1.72. The first-order chi connectivity index (χ1) is 10.5. The molecule has 0 aliphatic rings. The van der Waals surface area contributed by atoms with E-state index in [0.29, 0.717) is 10.7 Å². The zero-order chi connectivity index (χ0) is 16.5. The van der Waals surface area contributed by atoms with E-state index in [1.165, 1.54) is 25.5 Å². The van der Waals surface area contributed by atoms with Gasteiger partial charge in [-0.2, -0.15) is 5.10 Å². The zero-order valence-electron chi connectivity index (χ0n) is 12.3. The summed E-state index contributed by atoms with van der Waals surface area (Å²) in [4.78, 5) is 10.2. The molecule has 0 unspecified atom stereocenters. The van der Waals surface area contributed by atoms with Gasteiger partial charge < -0.3 is 15.2 Å². The normalized spacial score (nSPS) is 10.5. The summed E-state index contributed by atoms with van der Waals surface area (Å²) in [5, 5.41) is 27.7. The van der Waals surface area contributed by atoms with Gasteiger partial charge in [-0.05, 0) is 24.7 Å². The summed E-state index contributed by atoms with van der Waals surface area (Å²) in [6.07, 6.45) is 3.39. The average molecular weight is 326 g/mol. The molecule has 1 aromatic carbocycles. The van der Waals surface area contributed by atoms with Crippen LogP contribution in [0.3, 0.4) is 0 Å². The van der Waals surface area contributed by atoms with Crippen LogP contribution < -0.4 is 15.5 Å². The summed E-state index contributed by atoms with van der Waals surface area (Å²) in [5.41, 5.74) is 2.55. The van der Waals surface area contributed by atoms with E-state index >= 15 is 0 Å². The van der Waals surface area contributed by atoms with Crippen LogP contribution in [0, 0.1) is 10.1 Å². The fourth-order valence-electron chi connectivity index (χ4n) is 1.57. The van der Waals surface area contributed by atoms with Crippen molar-refractivity contribution >= 4 is 29.2 Å². The van der Waals surface area contributed by atoms with Gasteiger partial charge in [0, 0.05) is 18.2 Å². The van der Waals surface area contributed by atoms with Gasteiger partial charge in [-0.15, -0.1) is 0 Å². The Morgan fingerprint density at radius 2 is 2.32 bits per heavy atom. The van der Waals surface area contributed by atoms with Crippen LogP contribution in [-0.2, 0) is 0 Å². The van der Waals surface area contributed by atoms with E-state index in [1.807, 2.05) is 0 Å². The topological polar surface area (TPSA) is 109 Å². The Balaban J connectivity index is 2.76. The largest absolute Gasteiger partial charge is 0.500 e. The molecule has 0 atom stereocenters. The molecule has 0 amide bonds. The molecular formula is C13H18N4O4S. The van der Waals surface area contributed by atoms with Gasteiger partial charge >= 0.3 is 5.69 Å². The fraction of sp³-hybridized carbons (Fsp3) is 0.385. The van der Waals surface area contributed by atoms with Crippen LogP contribution in [0.2, 0.25) is 0 Å². The number of nitrogens with one attached hydrogen (secondary N) is 2. The van der Waals surface area contributed by atoms with Crippen molar-refractivity contribution in [1.82, 2.24) is 10.7 Å². The predicted molar refractivity (Wildman–Crippen MR) is 87.6 cm³/mol. The minimum absolute atomic E-state index is 0.000651. The first kappa shape index (κ1) is 17.6. The predicted octanol–water partition coefficient (Wildman–Crippen LogP) is 1.91. The molecule has 3 N–H and O–H groups in total.